The van der Waals surface area contributed by atoms with E-state index in [0.29, 0.717) is 78.8 Å². The molecule has 11 heteroatoms. The summed E-state index contributed by atoms with van der Waals surface area (Å²) < 4.78 is 21.3. The predicted molar refractivity (Wildman–Crippen MR) is 119 cm³/mol. The molecule has 176 valence electrons. The minimum atomic E-state index is -0.0604. The third-order valence-electron chi connectivity index (χ3n) is 4.36. The van der Waals surface area contributed by atoms with Crippen LogP contribution in [0.2, 0.25) is 0 Å². The van der Waals surface area contributed by atoms with Crippen molar-refractivity contribution in [2.45, 2.75) is 12.8 Å². The molecular weight excluding hydrogens is 418 g/mol. The van der Waals surface area contributed by atoms with Gasteiger partial charge in [0.15, 0.2) is 0 Å². The van der Waals surface area contributed by atoms with Gasteiger partial charge in [-0.2, -0.15) is 0 Å². The molecule has 0 aliphatic rings. The van der Waals surface area contributed by atoms with E-state index in [4.69, 9.17) is 24.5 Å². The zero-order valence-corrected chi connectivity index (χ0v) is 18.1. The Hall–Kier alpha value is -2.82. The van der Waals surface area contributed by atoms with Crippen LogP contribution in [0, 0.1) is 0 Å². The van der Waals surface area contributed by atoms with Crippen molar-refractivity contribution in [2.24, 2.45) is 5.11 Å². The Morgan fingerprint density at radius 2 is 1.66 bits per heavy atom. The van der Waals surface area contributed by atoms with Gasteiger partial charge in [-0.3, -0.25) is 4.79 Å². The standard InChI is InChI=1S/C21H31N5O6/c22-26-24-6-8-30-10-12-32-14-13-31-11-9-29-7-4-21(28)23-5-3-18-15-17-16-19(27)1-2-20(17)25-18/h1-2,15-16,25,27H,3-14H2,(H,23,28). The summed E-state index contributed by atoms with van der Waals surface area (Å²) in [6, 6.07) is 7.14. The molecule has 0 bridgehead atoms. The number of aromatic hydroxyl groups is 1. The zero-order valence-electron chi connectivity index (χ0n) is 18.1. The summed E-state index contributed by atoms with van der Waals surface area (Å²) >= 11 is 0. The van der Waals surface area contributed by atoms with Gasteiger partial charge in [0, 0.05) is 47.4 Å². The molecule has 0 spiro atoms. The lowest BCUT2D eigenvalue weighted by molar-refractivity contribution is -0.122. The molecule has 1 aromatic heterocycles. The maximum Gasteiger partial charge on any atom is 0.222 e. The number of hydrogen-bond donors (Lipinski definition) is 3. The van der Waals surface area contributed by atoms with Crippen LogP contribution in [-0.2, 0) is 30.2 Å². The fourth-order valence-electron chi connectivity index (χ4n) is 2.82. The summed E-state index contributed by atoms with van der Waals surface area (Å²) in [6.45, 7) is 4.23. The maximum atomic E-state index is 11.9. The second-order valence-electron chi connectivity index (χ2n) is 6.82. The van der Waals surface area contributed by atoms with Gasteiger partial charge >= 0.3 is 0 Å². The van der Waals surface area contributed by atoms with E-state index in [2.05, 4.69) is 20.3 Å². The van der Waals surface area contributed by atoms with Crippen LogP contribution >= 0.6 is 0 Å². The smallest absolute Gasteiger partial charge is 0.222 e. The van der Waals surface area contributed by atoms with Crippen molar-refractivity contribution in [3.63, 3.8) is 0 Å². The number of aromatic nitrogens is 1. The van der Waals surface area contributed by atoms with Gasteiger partial charge in [-0.25, -0.2) is 0 Å². The summed E-state index contributed by atoms with van der Waals surface area (Å²) in [4.78, 5) is 17.8. The quantitative estimate of drug-likeness (QED) is 0.137. The number of carbonyl (C=O) groups is 1. The van der Waals surface area contributed by atoms with Crippen LogP contribution in [-0.4, -0.2) is 81.9 Å². The van der Waals surface area contributed by atoms with Crippen LogP contribution in [0.3, 0.4) is 0 Å². The minimum absolute atomic E-state index is 0.0604. The van der Waals surface area contributed by atoms with Gasteiger partial charge in [0.2, 0.25) is 5.91 Å². The highest BCUT2D eigenvalue weighted by molar-refractivity contribution is 5.81. The van der Waals surface area contributed by atoms with Crippen molar-refractivity contribution in [1.82, 2.24) is 10.3 Å². The number of hydrogen-bond acceptors (Lipinski definition) is 7. The van der Waals surface area contributed by atoms with Gasteiger partial charge in [0.05, 0.1) is 52.9 Å². The first-order valence-electron chi connectivity index (χ1n) is 10.6. The normalized spacial score (nSPS) is 10.9. The van der Waals surface area contributed by atoms with Crippen LogP contribution < -0.4 is 5.32 Å². The molecule has 1 amide bonds. The number of amides is 1. The van der Waals surface area contributed by atoms with Gasteiger partial charge in [0.1, 0.15) is 5.75 Å². The fourth-order valence-corrected chi connectivity index (χ4v) is 2.82. The first-order chi connectivity index (χ1) is 15.7. The number of fused-ring (bicyclic) bond motifs is 1. The third-order valence-corrected chi connectivity index (χ3v) is 4.36. The van der Waals surface area contributed by atoms with Crippen LogP contribution in [0.25, 0.3) is 21.3 Å². The predicted octanol–water partition coefficient (Wildman–Crippen LogP) is 2.30. The number of aromatic amines is 1. The van der Waals surface area contributed by atoms with Gasteiger partial charge in [-0.05, 0) is 29.8 Å². The summed E-state index contributed by atoms with van der Waals surface area (Å²) in [7, 11) is 0. The van der Waals surface area contributed by atoms with Crippen LogP contribution in [0.15, 0.2) is 29.4 Å². The second kappa shape index (κ2) is 15.9. The number of phenolic OH excluding ortho intramolecular Hbond substituents is 1. The average Bonchev–Trinajstić information content (AvgIpc) is 3.18. The maximum absolute atomic E-state index is 11.9. The van der Waals surface area contributed by atoms with E-state index in [1.165, 1.54) is 0 Å². The van der Waals surface area contributed by atoms with E-state index in [0.717, 1.165) is 16.6 Å². The van der Waals surface area contributed by atoms with Gasteiger partial charge in [-0.15, -0.1) is 0 Å². The first-order valence-corrected chi connectivity index (χ1v) is 10.6. The highest BCUT2D eigenvalue weighted by atomic mass is 16.6. The van der Waals surface area contributed by atoms with E-state index in [-0.39, 0.29) is 11.7 Å². The molecule has 0 saturated carbocycles. The largest absolute Gasteiger partial charge is 0.508 e. The fraction of sp³-hybridized carbons (Fsp3) is 0.571. The van der Waals surface area contributed by atoms with Crippen molar-refractivity contribution in [2.75, 3.05) is 65.9 Å². The Morgan fingerprint density at radius 3 is 2.34 bits per heavy atom. The molecule has 0 fully saturated rings. The van der Waals surface area contributed by atoms with Crippen molar-refractivity contribution in [3.8, 4) is 5.75 Å². The number of nitrogens with one attached hydrogen (secondary N) is 2. The topological polar surface area (TPSA) is 151 Å². The Kier molecular flexibility index (Phi) is 12.6. The highest BCUT2D eigenvalue weighted by Gasteiger charge is 2.04. The Morgan fingerprint density at radius 1 is 1.00 bits per heavy atom. The molecule has 0 aliphatic heterocycles. The number of benzene rings is 1. The summed E-state index contributed by atoms with van der Waals surface area (Å²) in [5.41, 5.74) is 10.1. The second-order valence-corrected chi connectivity index (χ2v) is 6.82. The molecular formula is C21H31N5O6. The number of nitrogens with zero attached hydrogens (tertiary/aromatic N) is 3. The molecule has 0 radical (unpaired) electrons. The van der Waals surface area contributed by atoms with E-state index in [9.17, 15) is 9.90 Å². The average molecular weight is 450 g/mol. The van der Waals surface area contributed by atoms with E-state index in [1.54, 1.807) is 12.1 Å². The Bertz CT molecular complexity index is 852. The Labute approximate surface area is 186 Å². The van der Waals surface area contributed by atoms with Gasteiger partial charge in [-0.1, -0.05) is 5.11 Å². The Balaban J connectivity index is 1.36. The number of phenols is 1. The molecule has 3 N–H and O–H groups in total. The number of rotatable bonds is 18. The van der Waals surface area contributed by atoms with Crippen molar-refractivity contribution in [1.29, 1.82) is 0 Å². The van der Waals surface area contributed by atoms with Crippen LogP contribution in [0.1, 0.15) is 12.1 Å². The third kappa shape index (κ3) is 11.0. The number of azide groups is 1. The lowest BCUT2D eigenvalue weighted by Gasteiger charge is -2.07. The zero-order chi connectivity index (χ0) is 22.9. The highest BCUT2D eigenvalue weighted by Crippen LogP contribution is 2.20. The molecule has 0 aliphatic carbocycles. The van der Waals surface area contributed by atoms with Crippen molar-refractivity contribution < 1.29 is 28.8 Å². The monoisotopic (exact) mass is 449 g/mol. The van der Waals surface area contributed by atoms with E-state index >= 15 is 0 Å². The molecule has 0 unspecified atom stereocenters. The SMILES string of the molecule is [N-]=[N+]=NCCOCCOCCOCCOCCC(=O)NCCc1cc2cc(O)ccc2[nH]1. The molecule has 1 heterocycles. The lowest BCUT2D eigenvalue weighted by Crippen LogP contribution is -2.26. The van der Waals surface area contributed by atoms with E-state index < -0.39 is 0 Å². The number of ether oxygens (including phenoxy) is 4. The van der Waals surface area contributed by atoms with Crippen molar-refractivity contribution in [3.05, 3.63) is 40.4 Å². The van der Waals surface area contributed by atoms with Gasteiger partial charge < -0.3 is 34.4 Å². The van der Waals surface area contributed by atoms with Crippen molar-refractivity contribution >= 4 is 16.8 Å². The molecule has 32 heavy (non-hydrogen) atoms. The molecule has 11 nitrogen and oxygen atoms in total. The summed E-state index contributed by atoms with van der Waals surface area (Å²) in [6.07, 6.45) is 0.975. The molecule has 0 saturated heterocycles. The summed E-state index contributed by atoms with van der Waals surface area (Å²) in [5, 5.41) is 16.7. The molecule has 2 aromatic rings. The van der Waals surface area contributed by atoms with Crippen LogP contribution in [0.4, 0.5) is 0 Å². The first kappa shape index (κ1) is 25.4. The minimum Gasteiger partial charge on any atom is -0.508 e. The summed E-state index contributed by atoms with van der Waals surface area (Å²) in [5.74, 6) is 0.173. The lowest BCUT2D eigenvalue weighted by atomic mass is 10.2. The number of carbonyl (C=O) groups excluding carboxylic acids is 1. The van der Waals surface area contributed by atoms with Crippen LogP contribution in [0.5, 0.6) is 5.75 Å². The molecule has 0 atom stereocenters. The van der Waals surface area contributed by atoms with E-state index in [1.807, 2.05) is 12.1 Å². The number of H-pyrrole nitrogens is 1. The molecule has 2 rings (SSSR count). The molecule has 1 aromatic carbocycles. The van der Waals surface area contributed by atoms with Gasteiger partial charge in [0.25, 0.3) is 0 Å².